The number of carbonyl (C=O) groups is 1. The average molecular weight is 358 g/mol. The standard InChI is InChI=1S/C12H11IN2O3/c13-9-6-4-8(5-7-9)12-15-14-10(18-12)2-1-3-11(16)17/h4-7H,1-3H2,(H,16,17). The first-order valence-electron chi connectivity index (χ1n) is 5.45. The third-order valence-electron chi connectivity index (χ3n) is 2.34. The largest absolute Gasteiger partial charge is 0.481 e. The molecular formula is C12H11IN2O3. The molecule has 0 saturated heterocycles. The number of carboxylic acids is 1. The Labute approximate surface area is 117 Å². The molecule has 0 aliphatic heterocycles. The lowest BCUT2D eigenvalue weighted by Crippen LogP contribution is -1.95. The second-order valence-corrected chi connectivity index (χ2v) is 5.00. The van der Waals surface area contributed by atoms with Crippen molar-refractivity contribution in [2.45, 2.75) is 19.3 Å². The SMILES string of the molecule is O=C(O)CCCc1nnc(-c2ccc(I)cc2)o1. The fourth-order valence-corrected chi connectivity index (χ4v) is 1.81. The third-order valence-corrected chi connectivity index (χ3v) is 3.06. The van der Waals surface area contributed by atoms with E-state index in [1.54, 1.807) is 0 Å². The monoisotopic (exact) mass is 358 g/mol. The molecule has 0 aliphatic carbocycles. The van der Waals surface area contributed by atoms with Gasteiger partial charge in [-0.15, -0.1) is 10.2 Å². The maximum absolute atomic E-state index is 10.4. The van der Waals surface area contributed by atoms with Crippen LogP contribution >= 0.6 is 22.6 Å². The van der Waals surface area contributed by atoms with E-state index in [1.165, 1.54) is 0 Å². The van der Waals surface area contributed by atoms with Crippen LogP contribution in [0.3, 0.4) is 0 Å². The summed E-state index contributed by atoms with van der Waals surface area (Å²) in [6.45, 7) is 0. The van der Waals surface area contributed by atoms with Gasteiger partial charge in [0.25, 0.3) is 0 Å². The minimum atomic E-state index is -0.813. The van der Waals surface area contributed by atoms with E-state index in [2.05, 4.69) is 32.8 Å². The number of hydrogen-bond acceptors (Lipinski definition) is 4. The van der Waals surface area contributed by atoms with E-state index in [0.29, 0.717) is 24.6 Å². The molecule has 6 heteroatoms. The van der Waals surface area contributed by atoms with Crippen LogP contribution < -0.4 is 0 Å². The number of aryl methyl sites for hydroxylation is 1. The molecule has 1 aromatic carbocycles. The molecule has 1 aromatic heterocycles. The number of benzene rings is 1. The summed E-state index contributed by atoms with van der Waals surface area (Å²) in [6.07, 6.45) is 1.11. The minimum Gasteiger partial charge on any atom is -0.481 e. The lowest BCUT2D eigenvalue weighted by atomic mass is 10.2. The second-order valence-electron chi connectivity index (χ2n) is 3.76. The molecule has 0 saturated carbocycles. The lowest BCUT2D eigenvalue weighted by Gasteiger charge is -1.95. The molecule has 0 unspecified atom stereocenters. The molecule has 0 atom stereocenters. The van der Waals surface area contributed by atoms with E-state index in [1.807, 2.05) is 24.3 Å². The summed E-state index contributed by atoms with van der Waals surface area (Å²) in [7, 11) is 0. The first kappa shape index (κ1) is 13.0. The minimum absolute atomic E-state index is 0.112. The molecule has 0 radical (unpaired) electrons. The molecule has 18 heavy (non-hydrogen) atoms. The van der Waals surface area contributed by atoms with E-state index in [0.717, 1.165) is 9.13 Å². The van der Waals surface area contributed by atoms with Crippen molar-refractivity contribution in [3.63, 3.8) is 0 Å². The van der Waals surface area contributed by atoms with Crippen LogP contribution in [0.1, 0.15) is 18.7 Å². The van der Waals surface area contributed by atoms with Gasteiger partial charge in [0.15, 0.2) is 0 Å². The normalized spacial score (nSPS) is 10.5. The van der Waals surface area contributed by atoms with E-state index < -0.39 is 5.97 Å². The molecule has 0 bridgehead atoms. The van der Waals surface area contributed by atoms with Crippen molar-refractivity contribution >= 4 is 28.6 Å². The predicted octanol–water partition coefficient (Wildman–Crippen LogP) is 2.75. The number of aliphatic carboxylic acids is 1. The number of rotatable bonds is 5. The fraction of sp³-hybridized carbons (Fsp3) is 0.250. The Morgan fingerprint density at radius 3 is 2.67 bits per heavy atom. The summed E-state index contributed by atoms with van der Waals surface area (Å²) < 4.78 is 6.61. The van der Waals surface area contributed by atoms with Crippen molar-refractivity contribution in [3.8, 4) is 11.5 Å². The second kappa shape index (κ2) is 5.94. The van der Waals surface area contributed by atoms with Gasteiger partial charge in [0.1, 0.15) is 0 Å². The Morgan fingerprint density at radius 2 is 2.00 bits per heavy atom. The van der Waals surface area contributed by atoms with Gasteiger partial charge in [-0.2, -0.15) is 0 Å². The topological polar surface area (TPSA) is 76.2 Å². The zero-order valence-corrected chi connectivity index (χ0v) is 11.6. The van der Waals surface area contributed by atoms with Crippen molar-refractivity contribution in [2.75, 3.05) is 0 Å². The quantitative estimate of drug-likeness (QED) is 0.832. The molecule has 2 rings (SSSR count). The van der Waals surface area contributed by atoms with Crippen LogP contribution in [0, 0.1) is 3.57 Å². The zero-order valence-electron chi connectivity index (χ0n) is 9.47. The Morgan fingerprint density at radius 1 is 1.28 bits per heavy atom. The lowest BCUT2D eigenvalue weighted by molar-refractivity contribution is -0.137. The molecule has 94 valence electrons. The molecule has 5 nitrogen and oxygen atoms in total. The highest BCUT2D eigenvalue weighted by Gasteiger charge is 2.08. The Balaban J connectivity index is 2.01. The number of nitrogens with zero attached hydrogens (tertiary/aromatic N) is 2. The highest BCUT2D eigenvalue weighted by atomic mass is 127. The van der Waals surface area contributed by atoms with Gasteiger partial charge in [-0.25, -0.2) is 0 Å². The highest BCUT2D eigenvalue weighted by Crippen LogP contribution is 2.19. The van der Waals surface area contributed by atoms with Crippen LogP contribution in [0.5, 0.6) is 0 Å². The first-order chi connectivity index (χ1) is 8.65. The molecule has 0 spiro atoms. The van der Waals surface area contributed by atoms with E-state index in [9.17, 15) is 4.79 Å². The van der Waals surface area contributed by atoms with Crippen molar-refractivity contribution in [3.05, 3.63) is 33.7 Å². The summed E-state index contributed by atoms with van der Waals surface area (Å²) in [5.74, 6) is 0.133. The number of hydrogen-bond donors (Lipinski definition) is 1. The maximum atomic E-state index is 10.4. The van der Waals surface area contributed by atoms with Gasteiger partial charge < -0.3 is 9.52 Å². The van der Waals surface area contributed by atoms with Gasteiger partial charge in [0.05, 0.1) is 0 Å². The van der Waals surface area contributed by atoms with Gasteiger partial charge in [-0.05, 0) is 53.3 Å². The molecule has 0 amide bonds. The van der Waals surface area contributed by atoms with E-state index in [-0.39, 0.29) is 6.42 Å². The molecular weight excluding hydrogens is 347 g/mol. The average Bonchev–Trinajstić information content (AvgIpc) is 2.78. The summed E-state index contributed by atoms with van der Waals surface area (Å²) in [4.78, 5) is 10.4. The molecule has 2 aromatic rings. The Kier molecular flexibility index (Phi) is 4.29. The van der Waals surface area contributed by atoms with Crippen molar-refractivity contribution in [2.24, 2.45) is 0 Å². The van der Waals surface area contributed by atoms with Crippen LogP contribution in [-0.4, -0.2) is 21.3 Å². The Hall–Kier alpha value is -1.44. The van der Waals surface area contributed by atoms with Crippen LogP contribution in [-0.2, 0) is 11.2 Å². The van der Waals surface area contributed by atoms with Gasteiger partial charge in [-0.3, -0.25) is 4.79 Å². The van der Waals surface area contributed by atoms with Crippen LogP contribution in [0.2, 0.25) is 0 Å². The van der Waals surface area contributed by atoms with Crippen molar-refractivity contribution in [1.29, 1.82) is 0 Å². The van der Waals surface area contributed by atoms with Crippen molar-refractivity contribution < 1.29 is 14.3 Å². The van der Waals surface area contributed by atoms with Gasteiger partial charge in [0.2, 0.25) is 11.8 Å². The fourth-order valence-electron chi connectivity index (χ4n) is 1.45. The zero-order chi connectivity index (χ0) is 13.0. The number of halogens is 1. The molecule has 1 heterocycles. The summed E-state index contributed by atoms with van der Waals surface area (Å²) >= 11 is 2.22. The van der Waals surface area contributed by atoms with Gasteiger partial charge in [0, 0.05) is 22.0 Å². The highest BCUT2D eigenvalue weighted by molar-refractivity contribution is 14.1. The first-order valence-corrected chi connectivity index (χ1v) is 6.53. The Bertz CT molecular complexity index is 537. The number of carboxylic acid groups (broad SMARTS) is 1. The van der Waals surface area contributed by atoms with E-state index in [4.69, 9.17) is 9.52 Å². The van der Waals surface area contributed by atoms with Gasteiger partial charge in [-0.1, -0.05) is 0 Å². The maximum Gasteiger partial charge on any atom is 0.303 e. The number of aromatic nitrogens is 2. The molecule has 0 fully saturated rings. The van der Waals surface area contributed by atoms with Crippen LogP contribution in [0.4, 0.5) is 0 Å². The predicted molar refractivity (Wildman–Crippen MR) is 73.0 cm³/mol. The van der Waals surface area contributed by atoms with Gasteiger partial charge >= 0.3 is 5.97 Å². The van der Waals surface area contributed by atoms with E-state index >= 15 is 0 Å². The van der Waals surface area contributed by atoms with Crippen LogP contribution in [0.15, 0.2) is 28.7 Å². The summed E-state index contributed by atoms with van der Waals surface area (Å²) in [5.41, 5.74) is 0.868. The third kappa shape index (κ3) is 3.52. The molecule has 1 N–H and O–H groups in total. The summed E-state index contributed by atoms with van der Waals surface area (Å²) in [6, 6.07) is 7.75. The summed E-state index contributed by atoms with van der Waals surface area (Å²) in [5, 5.41) is 16.4. The smallest absolute Gasteiger partial charge is 0.303 e. The van der Waals surface area contributed by atoms with Crippen molar-refractivity contribution in [1.82, 2.24) is 10.2 Å². The van der Waals surface area contributed by atoms with Crippen LogP contribution in [0.25, 0.3) is 11.5 Å². The molecule has 0 aliphatic rings.